The maximum absolute atomic E-state index is 11.8. The Morgan fingerprint density at radius 1 is 1.14 bits per heavy atom. The Labute approximate surface area is 74.5 Å². The summed E-state index contributed by atoms with van der Waals surface area (Å²) in [4.78, 5) is 10.1. The van der Waals surface area contributed by atoms with Gasteiger partial charge in [0.1, 0.15) is 0 Å². The molecule has 0 spiro atoms. The minimum Gasteiger partial charge on any atom is -0.380 e. The van der Waals surface area contributed by atoms with Crippen LogP contribution in [0.2, 0.25) is 0 Å². The monoisotopic (exact) mass is 224 g/mol. The van der Waals surface area contributed by atoms with Gasteiger partial charge < -0.3 is 5.11 Å². The van der Waals surface area contributed by atoms with Crippen molar-refractivity contribution in [1.82, 2.24) is 0 Å². The summed E-state index contributed by atoms with van der Waals surface area (Å²) in [6.45, 7) is 0.108. The molecule has 0 saturated heterocycles. The lowest BCUT2D eigenvalue weighted by atomic mass is 9.99. The van der Waals surface area contributed by atoms with Crippen LogP contribution in [0.5, 0.6) is 0 Å². The van der Waals surface area contributed by atoms with Crippen LogP contribution in [0.1, 0.15) is 13.3 Å². The number of ketones is 1. The molecule has 0 saturated carbocycles. The van der Waals surface area contributed by atoms with Crippen LogP contribution in [-0.4, -0.2) is 28.8 Å². The lowest BCUT2D eigenvalue weighted by Gasteiger charge is -2.25. The summed E-state index contributed by atoms with van der Waals surface area (Å²) in [5, 5.41) is 8.54. The van der Waals surface area contributed by atoms with E-state index in [9.17, 15) is 31.1 Å². The van der Waals surface area contributed by atoms with E-state index in [0.29, 0.717) is 0 Å². The number of carbonyl (C=O) groups is 1. The van der Waals surface area contributed by atoms with Crippen LogP contribution in [0.4, 0.5) is 26.3 Å². The molecule has 0 aromatic rings. The van der Waals surface area contributed by atoms with Crippen molar-refractivity contribution in [3.05, 3.63) is 0 Å². The fourth-order valence-corrected chi connectivity index (χ4v) is 0.513. The van der Waals surface area contributed by atoms with E-state index in [1.54, 1.807) is 0 Å². The largest absolute Gasteiger partial charge is 0.450 e. The van der Waals surface area contributed by atoms with Crippen LogP contribution in [-0.2, 0) is 4.79 Å². The predicted octanol–water partition coefficient (Wildman–Crippen LogP) is 1.82. The van der Waals surface area contributed by atoms with Crippen LogP contribution in [0, 0.1) is 0 Å². The molecule has 0 heterocycles. The number of halogens is 6. The molecule has 1 atom stereocenters. The Morgan fingerprint density at radius 2 is 1.50 bits per heavy atom. The highest BCUT2D eigenvalue weighted by Gasteiger charge is 2.54. The zero-order chi connectivity index (χ0) is 11.8. The fraction of sp³-hybridized carbons (Fsp3) is 0.833. The highest BCUT2D eigenvalue weighted by molar-refractivity contribution is 5.84. The molecule has 0 aliphatic rings. The van der Waals surface area contributed by atoms with Gasteiger partial charge in [0.25, 0.3) is 0 Å². The second-order valence-electron chi connectivity index (χ2n) is 2.87. The standard InChI is InChI=1S/C6H6F6O2/c1-4(14,6(10,11)12)2-3(13)5(7,8)9/h14H,2H2,1H3/t4-/m0/s1. The highest BCUT2D eigenvalue weighted by Crippen LogP contribution is 2.34. The Bertz CT molecular complexity index is 225. The first kappa shape index (κ1) is 13.2. The zero-order valence-electron chi connectivity index (χ0n) is 6.83. The van der Waals surface area contributed by atoms with E-state index in [4.69, 9.17) is 5.11 Å². The number of hydrogen-bond donors (Lipinski definition) is 1. The second kappa shape index (κ2) is 3.41. The molecule has 0 aliphatic heterocycles. The van der Waals surface area contributed by atoms with Gasteiger partial charge in [0.2, 0.25) is 5.78 Å². The van der Waals surface area contributed by atoms with E-state index in [1.807, 2.05) is 0 Å². The van der Waals surface area contributed by atoms with Gasteiger partial charge >= 0.3 is 12.4 Å². The summed E-state index contributed by atoms with van der Waals surface area (Å²) in [5.74, 6) is -2.61. The zero-order valence-corrected chi connectivity index (χ0v) is 6.83. The van der Waals surface area contributed by atoms with Crippen molar-refractivity contribution >= 4 is 5.78 Å². The molecule has 8 heteroatoms. The summed E-state index contributed by atoms with van der Waals surface area (Å²) in [6, 6.07) is 0. The van der Waals surface area contributed by atoms with Gasteiger partial charge in [-0.3, -0.25) is 4.79 Å². The summed E-state index contributed by atoms with van der Waals surface area (Å²) in [7, 11) is 0. The molecule has 0 rings (SSSR count). The number of carbonyl (C=O) groups excluding carboxylic acids is 1. The maximum atomic E-state index is 11.8. The van der Waals surface area contributed by atoms with E-state index >= 15 is 0 Å². The highest BCUT2D eigenvalue weighted by atomic mass is 19.4. The molecule has 0 unspecified atom stereocenters. The molecule has 1 N–H and O–H groups in total. The summed E-state index contributed by atoms with van der Waals surface area (Å²) in [5.41, 5.74) is -3.65. The van der Waals surface area contributed by atoms with E-state index in [1.165, 1.54) is 0 Å². The molecule has 0 radical (unpaired) electrons. The Balaban J connectivity index is 4.62. The van der Waals surface area contributed by atoms with Crippen molar-refractivity contribution in [3.8, 4) is 0 Å². The van der Waals surface area contributed by atoms with Crippen molar-refractivity contribution in [3.63, 3.8) is 0 Å². The van der Waals surface area contributed by atoms with Crippen LogP contribution in [0.15, 0.2) is 0 Å². The van der Waals surface area contributed by atoms with E-state index < -0.39 is 30.2 Å². The molecule has 0 aromatic heterocycles. The Morgan fingerprint density at radius 3 is 1.71 bits per heavy atom. The maximum Gasteiger partial charge on any atom is 0.450 e. The average Bonchev–Trinajstić information content (AvgIpc) is 1.80. The minimum atomic E-state index is -5.37. The smallest absolute Gasteiger partial charge is 0.380 e. The molecule has 0 bridgehead atoms. The van der Waals surface area contributed by atoms with E-state index in [0.717, 1.165) is 0 Å². The number of Topliss-reactive ketones (excluding diaryl/α,β-unsaturated/α-hetero) is 1. The third-order valence-electron chi connectivity index (χ3n) is 1.43. The topological polar surface area (TPSA) is 37.3 Å². The predicted molar refractivity (Wildman–Crippen MR) is 32.4 cm³/mol. The number of rotatable bonds is 2. The quantitative estimate of drug-likeness (QED) is 0.726. The molecule has 0 aliphatic carbocycles. The SMILES string of the molecule is C[C@](O)(CC(=O)C(F)(F)F)C(F)(F)F. The number of alkyl halides is 6. The van der Waals surface area contributed by atoms with E-state index in [2.05, 4.69) is 0 Å². The third-order valence-corrected chi connectivity index (χ3v) is 1.43. The summed E-state index contributed by atoms with van der Waals surface area (Å²) < 4.78 is 70.1. The lowest BCUT2D eigenvalue weighted by Crippen LogP contribution is -2.46. The van der Waals surface area contributed by atoms with Crippen molar-refractivity contribution in [2.75, 3.05) is 0 Å². The van der Waals surface area contributed by atoms with Crippen LogP contribution in [0.3, 0.4) is 0 Å². The molecule has 14 heavy (non-hydrogen) atoms. The molecule has 2 nitrogen and oxygen atoms in total. The summed E-state index contributed by atoms with van der Waals surface area (Å²) >= 11 is 0. The van der Waals surface area contributed by atoms with Crippen molar-refractivity contribution in [2.24, 2.45) is 0 Å². The molecule has 84 valence electrons. The Kier molecular flexibility index (Phi) is 3.22. The normalized spacial score (nSPS) is 17.7. The number of aliphatic hydroxyl groups is 1. The van der Waals surface area contributed by atoms with Gasteiger partial charge in [-0.15, -0.1) is 0 Å². The molecule has 0 aromatic carbocycles. The van der Waals surface area contributed by atoms with Gasteiger partial charge in [-0.05, 0) is 6.92 Å². The lowest BCUT2D eigenvalue weighted by molar-refractivity contribution is -0.257. The second-order valence-corrected chi connectivity index (χ2v) is 2.87. The Hall–Kier alpha value is -0.790. The van der Waals surface area contributed by atoms with E-state index in [-0.39, 0.29) is 6.92 Å². The molecule has 0 fully saturated rings. The van der Waals surface area contributed by atoms with Crippen LogP contribution >= 0.6 is 0 Å². The third kappa shape index (κ3) is 3.17. The van der Waals surface area contributed by atoms with Gasteiger partial charge in [-0.1, -0.05) is 0 Å². The first-order valence-electron chi connectivity index (χ1n) is 3.27. The van der Waals surface area contributed by atoms with Crippen LogP contribution < -0.4 is 0 Å². The van der Waals surface area contributed by atoms with Crippen molar-refractivity contribution < 1.29 is 36.2 Å². The minimum absolute atomic E-state index is 0.108. The molecular formula is C6H6F6O2. The van der Waals surface area contributed by atoms with Gasteiger partial charge in [-0.25, -0.2) is 0 Å². The van der Waals surface area contributed by atoms with Gasteiger partial charge in [-0.2, -0.15) is 26.3 Å². The summed E-state index contributed by atoms with van der Waals surface area (Å²) in [6.07, 6.45) is -12.7. The van der Waals surface area contributed by atoms with Crippen molar-refractivity contribution in [2.45, 2.75) is 31.3 Å². The van der Waals surface area contributed by atoms with Crippen LogP contribution in [0.25, 0.3) is 0 Å². The average molecular weight is 224 g/mol. The molecule has 0 amide bonds. The van der Waals surface area contributed by atoms with Gasteiger partial charge in [0, 0.05) is 0 Å². The fourth-order valence-electron chi connectivity index (χ4n) is 0.513. The van der Waals surface area contributed by atoms with Gasteiger partial charge in [0.15, 0.2) is 5.60 Å². The first-order chi connectivity index (χ1) is 5.88. The van der Waals surface area contributed by atoms with Gasteiger partial charge in [0.05, 0.1) is 6.42 Å². The molecular weight excluding hydrogens is 218 g/mol. The number of hydrogen-bond acceptors (Lipinski definition) is 2. The van der Waals surface area contributed by atoms with Crippen molar-refractivity contribution in [1.29, 1.82) is 0 Å². The first-order valence-corrected chi connectivity index (χ1v) is 3.27.